The lowest BCUT2D eigenvalue weighted by atomic mass is 9.99. The number of benzene rings is 3. The molecule has 0 atom stereocenters. The van der Waals surface area contributed by atoms with E-state index in [1.807, 2.05) is 0 Å². The molecule has 236 valence electrons. The fraction of sp³-hybridized carbons (Fsp3) is 0.0556. The highest BCUT2D eigenvalue weighted by molar-refractivity contribution is 5.89. The topological polar surface area (TPSA) is 105 Å². The predicted molar refractivity (Wildman–Crippen MR) is 164 cm³/mol. The minimum atomic E-state index is -5.22. The van der Waals surface area contributed by atoms with E-state index in [4.69, 9.17) is 18.9 Å². The summed E-state index contributed by atoms with van der Waals surface area (Å²) in [6.07, 6.45) is -2.89. The van der Waals surface area contributed by atoms with Gasteiger partial charge in [-0.2, -0.15) is 13.2 Å². The van der Waals surface area contributed by atoms with E-state index in [-0.39, 0.29) is 28.2 Å². The fourth-order valence-electron chi connectivity index (χ4n) is 3.45. The Balaban J connectivity index is 2.23. The second kappa shape index (κ2) is 15.4. The van der Waals surface area contributed by atoms with Gasteiger partial charge in [0.25, 0.3) is 0 Å². The molecule has 3 rings (SSSR count). The number of hydrogen-bond acceptors (Lipinski definition) is 8. The van der Waals surface area contributed by atoms with E-state index in [1.54, 1.807) is 0 Å². The molecule has 11 heteroatoms. The minimum absolute atomic E-state index is 0.126. The molecule has 0 N–H and O–H groups in total. The first kappa shape index (κ1) is 34.9. The van der Waals surface area contributed by atoms with E-state index in [0.717, 1.165) is 18.2 Å². The van der Waals surface area contributed by atoms with Crippen molar-refractivity contribution < 1.29 is 51.3 Å². The van der Waals surface area contributed by atoms with Crippen LogP contribution in [-0.4, -0.2) is 23.9 Å². The number of hydrogen-bond donors (Lipinski definition) is 0. The molecular weight excluding hydrogens is 617 g/mol. The van der Waals surface area contributed by atoms with Gasteiger partial charge >= 0.3 is 30.1 Å². The van der Waals surface area contributed by atoms with E-state index in [9.17, 15) is 32.3 Å². The minimum Gasteiger partial charge on any atom is -0.423 e. The van der Waals surface area contributed by atoms with Crippen molar-refractivity contribution in [3.63, 3.8) is 0 Å². The van der Waals surface area contributed by atoms with E-state index in [1.165, 1.54) is 55.5 Å². The first-order valence-corrected chi connectivity index (χ1v) is 13.2. The van der Waals surface area contributed by atoms with Gasteiger partial charge < -0.3 is 18.9 Å². The molecule has 47 heavy (non-hydrogen) atoms. The lowest BCUT2D eigenvalue weighted by Gasteiger charge is -2.18. The molecule has 0 aliphatic heterocycles. The summed E-state index contributed by atoms with van der Waals surface area (Å²) in [5, 5.41) is 0. The molecule has 0 aliphatic carbocycles. The number of rotatable bonds is 8. The average Bonchev–Trinajstić information content (AvgIpc) is 3.04. The van der Waals surface area contributed by atoms with Crippen molar-refractivity contribution in [1.82, 2.24) is 0 Å². The third-order valence-electron chi connectivity index (χ3n) is 5.60. The Labute approximate surface area is 267 Å². The van der Waals surface area contributed by atoms with E-state index < -0.39 is 58.2 Å². The number of carbonyl (C=O) groups is 4. The second-order valence-electron chi connectivity index (χ2n) is 9.09. The highest BCUT2D eigenvalue weighted by atomic mass is 19.4. The van der Waals surface area contributed by atoms with E-state index >= 15 is 0 Å². The Morgan fingerprint density at radius 3 is 1.64 bits per heavy atom. The van der Waals surface area contributed by atoms with Crippen molar-refractivity contribution in [3.05, 3.63) is 133 Å². The summed E-state index contributed by atoms with van der Waals surface area (Å²) in [6, 6.07) is 12.0. The number of carbonyl (C=O) groups excluding carboxylic acids is 4. The molecule has 0 radical (unpaired) electrons. The summed E-state index contributed by atoms with van der Waals surface area (Å²) in [5.74, 6) is 4.92. The van der Waals surface area contributed by atoms with Crippen LogP contribution in [-0.2, 0) is 25.4 Å². The van der Waals surface area contributed by atoms with Gasteiger partial charge in [0.15, 0.2) is 5.75 Å². The van der Waals surface area contributed by atoms with Gasteiger partial charge in [0, 0.05) is 41.0 Å². The Morgan fingerprint density at radius 1 is 0.681 bits per heavy atom. The normalized spacial score (nSPS) is 10.0. The summed E-state index contributed by atoms with van der Waals surface area (Å²) in [6.45, 7) is 14.7. The summed E-state index contributed by atoms with van der Waals surface area (Å²) < 4.78 is 64.5. The van der Waals surface area contributed by atoms with Crippen LogP contribution in [0.4, 0.5) is 13.2 Å². The first-order chi connectivity index (χ1) is 22.2. The third kappa shape index (κ3) is 9.70. The predicted octanol–water partition coefficient (Wildman–Crippen LogP) is 6.26. The molecular formula is C36H23F3O8. The van der Waals surface area contributed by atoms with Gasteiger partial charge in [0.05, 0.1) is 11.1 Å². The van der Waals surface area contributed by atoms with Gasteiger partial charge in [-0.15, -0.1) is 0 Å². The van der Waals surface area contributed by atoms with Crippen LogP contribution in [0.15, 0.2) is 105 Å². The number of esters is 4. The quantitative estimate of drug-likeness (QED) is 0.123. The molecule has 0 bridgehead atoms. The number of ether oxygens (including phenoxy) is 4. The molecule has 8 nitrogen and oxygen atoms in total. The molecule has 0 fully saturated rings. The van der Waals surface area contributed by atoms with E-state index in [0.29, 0.717) is 6.08 Å². The smallest absolute Gasteiger partial charge is 0.421 e. The molecule has 0 amide bonds. The van der Waals surface area contributed by atoms with Gasteiger partial charge in [-0.3, -0.25) is 0 Å². The largest absolute Gasteiger partial charge is 0.423 e. The SMILES string of the molecule is C=CC(=O)Oc1ccc(C#Cc2c(OC(=O)C=C)cc(C#Cc3ccc(OC(=O)C(=C)C)cc3)c(OC(=O)C=C)c2C(F)(F)F)cc1. The molecule has 0 aromatic heterocycles. The van der Waals surface area contributed by atoms with Crippen LogP contribution < -0.4 is 18.9 Å². The Hall–Kier alpha value is -6.59. The molecule has 0 aliphatic rings. The first-order valence-electron chi connectivity index (χ1n) is 13.2. The van der Waals surface area contributed by atoms with Crippen LogP contribution in [0, 0.1) is 23.7 Å². The van der Waals surface area contributed by atoms with Crippen molar-refractivity contribution in [1.29, 1.82) is 0 Å². The zero-order chi connectivity index (χ0) is 34.7. The van der Waals surface area contributed by atoms with Gasteiger partial charge in [-0.05, 0) is 55.5 Å². The summed E-state index contributed by atoms with van der Waals surface area (Å²) in [4.78, 5) is 47.6. The Kier molecular flexibility index (Phi) is 11.4. The highest BCUT2D eigenvalue weighted by Gasteiger charge is 2.41. The monoisotopic (exact) mass is 640 g/mol. The lowest BCUT2D eigenvalue weighted by molar-refractivity contribution is -0.141. The van der Waals surface area contributed by atoms with Gasteiger partial charge in [-0.1, -0.05) is 50.0 Å². The fourth-order valence-corrected chi connectivity index (χ4v) is 3.45. The summed E-state index contributed by atoms with van der Waals surface area (Å²) in [7, 11) is 0. The van der Waals surface area contributed by atoms with E-state index in [2.05, 4.69) is 50.0 Å². The zero-order valence-corrected chi connectivity index (χ0v) is 24.7. The summed E-state index contributed by atoms with van der Waals surface area (Å²) in [5.41, 5.74) is -2.28. The number of halogens is 3. The van der Waals surface area contributed by atoms with Crippen LogP contribution in [0.3, 0.4) is 0 Å². The Bertz CT molecular complexity index is 1910. The maximum Gasteiger partial charge on any atom is 0.421 e. The molecule has 0 unspecified atom stereocenters. The van der Waals surface area contributed by atoms with Gasteiger partial charge in [0.1, 0.15) is 22.8 Å². The Morgan fingerprint density at radius 2 is 1.15 bits per heavy atom. The summed E-state index contributed by atoms with van der Waals surface area (Å²) >= 11 is 0. The maximum absolute atomic E-state index is 14.7. The molecule has 3 aromatic rings. The van der Waals surface area contributed by atoms with Crippen molar-refractivity contribution in [2.24, 2.45) is 0 Å². The molecule has 0 spiro atoms. The second-order valence-corrected chi connectivity index (χ2v) is 9.09. The van der Waals surface area contributed by atoms with Crippen LogP contribution in [0.1, 0.15) is 34.7 Å². The van der Waals surface area contributed by atoms with Gasteiger partial charge in [0.2, 0.25) is 0 Å². The van der Waals surface area contributed by atoms with Crippen LogP contribution >= 0.6 is 0 Å². The lowest BCUT2D eigenvalue weighted by Crippen LogP contribution is -2.17. The van der Waals surface area contributed by atoms with Crippen molar-refractivity contribution in [2.45, 2.75) is 13.1 Å². The standard InChI is InChI=1S/C36H23F3O8/c1-6-30(40)44-26-16-10-24(11-17-26)14-20-28-29(46-31(41)7-2)21-25(34(47-32(42)8-3)33(28)36(37,38)39)15-9-23-12-18-27(19-13-23)45-35(43)22(4)5/h6-8,10-13,16-19,21H,1-4H2,5H3. The van der Waals surface area contributed by atoms with Crippen LogP contribution in [0.5, 0.6) is 23.0 Å². The molecule has 0 heterocycles. The van der Waals surface area contributed by atoms with Crippen molar-refractivity contribution >= 4 is 23.9 Å². The average molecular weight is 641 g/mol. The van der Waals surface area contributed by atoms with Gasteiger partial charge in [-0.25, -0.2) is 19.2 Å². The van der Waals surface area contributed by atoms with Crippen LogP contribution in [0.25, 0.3) is 0 Å². The molecule has 3 aromatic carbocycles. The maximum atomic E-state index is 14.7. The highest BCUT2D eigenvalue weighted by Crippen LogP contribution is 2.44. The van der Waals surface area contributed by atoms with Crippen molar-refractivity contribution in [2.75, 3.05) is 0 Å². The molecule has 0 saturated carbocycles. The third-order valence-corrected chi connectivity index (χ3v) is 5.60. The molecule has 0 saturated heterocycles. The zero-order valence-electron chi connectivity index (χ0n) is 24.7. The van der Waals surface area contributed by atoms with Crippen molar-refractivity contribution in [3.8, 4) is 46.7 Å². The van der Waals surface area contributed by atoms with Crippen LogP contribution in [0.2, 0.25) is 0 Å². The number of alkyl halides is 3.